The van der Waals surface area contributed by atoms with Crippen molar-refractivity contribution in [2.75, 3.05) is 37.7 Å². The molecule has 2 aliphatic rings. The van der Waals surface area contributed by atoms with Crippen LogP contribution in [0.5, 0.6) is 5.88 Å². The molecule has 2 aromatic carbocycles. The maximum Gasteiger partial charge on any atom is 0.215 e. The first kappa shape index (κ1) is 24.2. The van der Waals surface area contributed by atoms with Gasteiger partial charge in [-0.05, 0) is 36.8 Å². The van der Waals surface area contributed by atoms with Crippen LogP contribution in [0.2, 0.25) is 5.02 Å². The number of piperazine rings is 1. The van der Waals surface area contributed by atoms with Gasteiger partial charge in [-0.25, -0.2) is 9.37 Å². The van der Waals surface area contributed by atoms with Gasteiger partial charge in [0, 0.05) is 49.4 Å². The Balaban J connectivity index is 1.08. The Morgan fingerprint density at radius 2 is 1.84 bits per heavy atom. The predicted molar refractivity (Wildman–Crippen MR) is 142 cm³/mol. The van der Waals surface area contributed by atoms with E-state index in [1.807, 2.05) is 18.2 Å². The third kappa shape index (κ3) is 5.42. The third-order valence-corrected chi connectivity index (χ3v) is 7.31. The molecule has 7 nitrogen and oxygen atoms in total. The molecule has 37 heavy (non-hydrogen) atoms. The molecule has 0 N–H and O–H groups in total. The summed E-state index contributed by atoms with van der Waals surface area (Å²) in [5.74, 6) is 2.05. The lowest BCUT2D eigenvalue weighted by Crippen LogP contribution is -2.46. The Morgan fingerprint density at radius 3 is 2.62 bits per heavy atom. The first-order valence-electron chi connectivity index (χ1n) is 12.7. The number of aromatic nitrogens is 3. The van der Waals surface area contributed by atoms with E-state index in [0.717, 1.165) is 69.5 Å². The van der Waals surface area contributed by atoms with Gasteiger partial charge in [-0.1, -0.05) is 35.9 Å². The number of halogens is 2. The molecule has 0 bridgehead atoms. The van der Waals surface area contributed by atoms with Crippen molar-refractivity contribution in [3.05, 3.63) is 82.9 Å². The first-order valence-corrected chi connectivity index (χ1v) is 13.1. The number of rotatable bonds is 8. The fourth-order valence-electron chi connectivity index (χ4n) is 4.87. The Bertz CT molecular complexity index is 1380. The van der Waals surface area contributed by atoms with Crippen LogP contribution in [-0.4, -0.2) is 58.3 Å². The van der Waals surface area contributed by atoms with Crippen LogP contribution in [0.1, 0.15) is 17.8 Å². The summed E-state index contributed by atoms with van der Waals surface area (Å²) in [4.78, 5) is 14.3. The van der Waals surface area contributed by atoms with Gasteiger partial charge in [0.15, 0.2) is 0 Å². The number of anilines is 1. The lowest BCUT2D eigenvalue weighted by atomic mass is 10.2. The molecule has 9 heteroatoms. The molecule has 0 aliphatic carbocycles. The minimum Gasteiger partial charge on any atom is -0.473 e. The van der Waals surface area contributed by atoms with Gasteiger partial charge in [0.1, 0.15) is 24.1 Å². The van der Waals surface area contributed by atoms with E-state index in [1.165, 1.54) is 11.6 Å². The number of pyridine rings is 1. The average Bonchev–Trinajstić information content (AvgIpc) is 3.23. The summed E-state index contributed by atoms with van der Waals surface area (Å²) >= 11 is 5.84. The Labute approximate surface area is 220 Å². The number of benzene rings is 2. The van der Waals surface area contributed by atoms with Gasteiger partial charge in [0.25, 0.3) is 0 Å². The fourth-order valence-corrected chi connectivity index (χ4v) is 5.03. The average molecular weight is 522 g/mol. The molecule has 0 radical (unpaired) electrons. The molecule has 2 aliphatic heterocycles. The molecule has 0 spiro atoms. The number of ether oxygens (including phenoxy) is 2. The van der Waals surface area contributed by atoms with Gasteiger partial charge < -0.3 is 18.9 Å². The largest absolute Gasteiger partial charge is 0.473 e. The van der Waals surface area contributed by atoms with Gasteiger partial charge >= 0.3 is 0 Å². The maximum atomic E-state index is 14.1. The van der Waals surface area contributed by atoms with Crippen molar-refractivity contribution in [3.8, 4) is 5.88 Å². The minimum atomic E-state index is -0.381. The van der Waals surface area contributed by atoms with Crippen LogP contribution < -0.4 is 9.64 Å². The fraction of sp³-hybridized carbons (Fsp3) is 0.357. The van der Waals surface area contributed by atoms with Gasteiger partial charge in [-0.2, -0.15) is 4.98 Å². The molecule has 6 rings (SSSR count). The summed E-state index contributed by atoms with van der Waals surface area (Å²) in [7, 11) is 0. The number of para-hydroxylation sites is 2. The highest BCUT2D eigenvalue weighted by Gasteiger charge is 2.24. The van der Waals surface area contributed by atoms with E-state index >= 15 is 0 Å². The molecule has 2 fully saturated rings. The van der Waals surface area contributed by atoms with Gasteiger partial charge in [-0.15, -0.1) is 0 Å². The zero-order valence-corrected chi connectivity index (χ0v) is 21.3. The maximum absolute atomic E-state index is 14.1. The Kier molecular flexibility index (Phi) is 6.95. The minimum absolute atomic E-state index is 0.0974. The molecular weight excluding hydrogens is 493 g/mol. The van der Waals surface area contributed by atoms with E-state index in [0.29, 0.717) is 16.5 Å². The Hall–Kier alpha value is -3.20. The van der Waals surface area contributed by atoms with Gasteiger partial charge in [0.2, 0.25) is 5.88 Å². The Morgan fingerprint density at radius 1 is 1.00 bits per heavy atom. The second-order valence-electron chi connectivity index (χ2n) is 9.53. The van der Waals surface area contributed by atoms with Crippen LogP contribution in [0.3, 0.4) is 0 Å². The smallest absolute Gasteiger partial charge is 0.215 e. The summed E-state index contributed by atoms with van der Waals surface area (Å²) in [6, 6.07) is 18.6. The normalized spacial score (nSPS) is 18.2. The van der Waals surface area contributed by atoms with Crippen LogP contribution in [-0.2, 0) is 24.4 Å². The van der Waals surface area contributed by atoms with E-state index in [-0.39, 0.29) is 18.5 Å². The van der Waals surface area contributed by atoms with E-state index in [4.69, 9.17) is 26.1 Å². The molecule has 2 aromatic heterocycles. The van der Waals surface area contributed by atoms with Crippen LogP contribution in [0.4, 0.5) is 10.2 Å². The first-order chi connectivity index (χ1) is 18.1. The molecule has 192 valence electrons. The van der Waals surface area contributed by atoms with Crippen molar-refractivity contribution in [3.63, 3.8) is 0 Å². The lowest BCUT2D eigenvalue weighted by molar-refractivity contribution is -0.0592. The topological polar surface area (TPSA) is 55.7 Å². The molecule has 0 saturated carbocycles. The van der Waals surface area contributed by atoms with Crippen molar-refractivity contribution in [1.82, 2.24) is 19.4 Å². The van der Waals surface area contributed by atoms with Crippen LogP contribution in [0.15, 0.2) is 60.7 Å². The van der Waals surface area contributed by atoms with Crippen molar-refractivity contribution in [2.24, 2.45) is 0 Å². The van der Waals surface area contributed by atoms with Crippen LogP contribution in [0.25, 0.3) is 11.0 Å². The van der Waals surface area contributed by atoms with E-state index in [9.17, 15) is 4.39 Å². The lowest BCUT2D eigenvalue weighted by Gasteiger charge is -2.35. The highest BCUT2D eigenvalue weighted by Crippen LogP contribution is 2.24. The monoisotopic (exact) mass is 521 g/mol. The van der Waals surface area contributed by atoms with Crippen molar-refractivity contribution >= 4 is 28.5 Å². The van der Waals surface area contributed by atoms with Gasteiger partial charge in [-0.3, -0.25) is 4.90 Å². The highest BCUT2D eigenvalue weighted by molar-refractivity contribution is 6.30. The van der Waals surface area contributed by atoms with Crippen LogP contribution >= 0.6 is 11.6 Å². The summed E-state index contributed by atoms with van der Waals surface area (Å²) in [6.07, 6.45) is 1.39. The molecule has 2 saturated heterocycles. The number of hydrogen-bond donors (Lipinski definition) is 0. The summed E-state index contributed by atoms with van der Waals surface area (Å²) < 4.78 is 27.9. The molecule has 0 unspecified atom stereocenters. The third-order valence-electron chi connectivity index (χ3n) is 7.07. The van der Waals surface area contributed by atoms with Crippen molar-refractivity contribution in [2.45, 2.75) is 32.2 Å². The van der Waals surface area contributed by atoms with Crippen molar-refractivity contribution < 1.29 is 13.9 Å². The van der Waals surface area contributed by atoms with Crippen molar-refractivity contribution in [1.29, 1.82) is 0 Å². The highest BCUT2D eigenvalue weighted by atomic mass is 35.5. The molecule has 0 amide bonds. The molecule has 4 heterocycles. The zero-order chi connectivity index (χ0) is 25.2. The summed E-state index contributed by atoms with van der Waals surface area (Å²) in [5.41, 5.74) is 2.65. The number of hydrogen-bond acceptors (Lipinski definition) is 6. The number of imidazole rings is 1. The van der Waals surface area contributed by atoms with E-state index in [2.05, 4.69) is 37.5 Å². The van der Waals surface area contributed by atoms with E-state index < -0.39 is 0 Å². The van der Waals surface area contributed by atoms with Crippen LogP contribution in [0, 0.1) is 5.82 Å². The number of fused-ring (bicyclic) bond motifs is 1. The van der Waals surface area contributed by atoms with Gasteiger partial charge in [0.05, 0.1) is 30.2 Å². The molecule has 4 aromatic rings. The summed E-state index contributed by atoms with van der Waals surface area (Å²) in [6.45, 7) is 6.14. The predicted octanol–water partition coefficient (Wildman–Crippen LogP) is 4.91. The SMILES string of the molecule is Fc1cc(Cl)ccc1COc1cccc(N2CCN(Cc3nc4ccccc4n3C[C@@H]3CCO3)CC2)n1. The standard InChI is InChI=1S/C28H29ClFN5O2/c29-21-9-8-20(23(30)16-21)19-37-28-7-3-6-26(32-28)34-13-11-33(12-14-34)18-27-31-24-4-1-2-5-25(24)35(27)17-22-10-15-36-22/h1-9,16,22H,10-15,17-19H2/t22-/m0/s1. The zero-order valence-electron chi connectivity index (χ0n) is 20.5. The second kappa shape index (κ2) is 10.7. The number of nitrogens with zero attached hydrogens (tertiary/aromatic N) is 5. The molecule has 1 atom stereocenters. The van der Waals surface area contributed by atoms with E-state index in [1.54, 1.807) is 18.2 Å². The summed E-state index contributed by atoms with van der Waals surface area (Å²) in [5, 5.41) is 0.366. The quantitative estimate of drug-likeness (QED) is 0.328. The second-order valence-corrected chi connectivity index (χ2v) is 9.97. The molecular formula is C28H29ClFN5O2.